The van der Waals surface area contributed by atoms with Crippen molar-refractivity contribution in [3.63, 3.8) is 0 Å². The van der Waals surface area contributed by atoms with Crippen molar-refractivity contribution in [2.24, 2.45) is 11.3 Å². The van der Waals surface area contributed by atoms with E-state index in [-0.39, 0.29) is 11.6 Å². The summed E-state index contributed by atoms with van der Waals surface area (Å²) in [6.07, 6.45) is 7.10. The van der Waals surface area contributed by atoms with E-state index < -0.39 is 0 Å². The first-order valence-corrected chi connectivity index (χ1v) is 8.65. The Balaban J connectivity index is 1.72. The fourth-order valence-electron chi connectivity index (χ4n) is 4.86. The highest BCUT2D eigenvalue weighted by atomic mass is 16.5. The third kappa shape index (κ3) is 2.45. The minimum Gasteiger partial charge on any atom is -0.381 e. The van der Waals surface area contributed by atoms with Crippen molar-refractivity contribution in [1.82, 2.24) is 9.80 Å². The van der Waals surface area contributed by atoms with Crippen LogP contribution in [-0.2, 0) is 4.74 Å². The summed E-state index contributed by atoms with van der Waals surface area (Å²) < 4.78 is 5.46. The van der Waals surface area contributed by atoms with Crippen LogP contribution in [0.15, 0.2) is 0 Å². The maximum atomic E-state index is 12.6. The second-order valence-corrected chi connectivity index (χ2v) is 7.59. The summed E-state index contributed by atoms with van der Waals surface area (Å²) in [5.74, 6) is 0.629. The van der Waals surface area contributed by atoms with Gasteiger partial charge in [0.05, 0.1) is 5.54 Å². The first kappa shape index (κ1) is 15.1. The van der Waals surface area contributed by atoms with E-state index in [1.165, 1.54) is 25.7 Å². The predicted octanol–water partition coefficient (Wildman–Crippen LogP) is 3.12. The first-order valence-electron chi connectivity index (χ1n) is 8.65. The molecule has 3 aliphatic rings. The van der Waals surface area contributed by atoms with Crippen LogP contribution >= 0.6 is 0 Å². The van der Waals surface area contributed by atoms with E-state index in [2.05, 4.69) is 18.7 Å². The molecule has 0 N–H and O–H groups in total. The summed E-state index contributed by atoms with van der Waals surface area (Å²) in [7, 11) is 1.96. The number of rotatable bonds is 4. The van der Waals surface area contributed by atoms with Gasteiger partial charge < -0.3 is 14.5 Å². The molecule has 4 heteroatoms. The van der Waals surface area contributed by atoms with E-state index in [0.717, 1.165) is 39.1 Å². The number of urea groups is 1. The van der Waals surface area contributed by atoms with Crippen molar-refractivity contribution < 1.29 is 9.53 Å². The fraction of sp³-hybridized carbons (Fsp3) is 0.941. The maximum absolute atomic E-state index is 12.6. The molecule has 0 aromatic heterocycles. The van der Waals surface area contributed by atoms with Gasteiger partial charge in [-0.15, -0.1) is 0 Å². The average Bonchev–Trinajstić information content (AvgIpc) is 2.71. The highest BCUT2D eigenvalue weighted by molar-refractivity contribution is 5.78. The van der Waals surface area contributed by atoms with Gasteiger partial charge in [-0.05, 0) is 37.0 Å². The minimum atomic E-state index is 0.135. The molecule has 120 valence electrons. The Labute approximate surface area is 128 Å². The Morgan fingerprint density at radius 3 is 2.38 bits per heavy atom. The van der Waals surface area contributed by atoms with Crippen LogP contribution in [0.5, 0.6) is 0 Å². The number of hydrogen-bond acceptors (Lipinski definition) is 2. The molecule has 2 heterocycles. The second-order valence-electron chi connectivity index (χ2n) is 7.59. The van der Waals surface area contributed by atoms with Gasteiger partial charge in [0.2, 0.25) is 0 Å². The number of nitrogens with zero attached hydrogens (tertiary/aromatic N) is 2. The monoisotopic (exact) mass is 294 g/mol. The number of ether oxygens (including phenoxy) is 1. The zero-order chi connectivity index (χ0) is 15.1. The van der Waals surface area contributed by atoms with Gasteiger partial charge in [-0.2, -0.15) is 0 Å². The molecule has 0 aromatic carbocycles. The summed E-state index contributed by atoms with van der Waals surface area (Å²) in [5.41, 5.74) is 0.621. The largest absolute Gasteiger partial charge is 0.381 e. The molecule has 0 radical (unpaired) electrons. The quantitative estimate of drug-likeness (QED) is 0.798. The van der Waals surface area contributed by atoms with Crippen molar-refractivity contribution in [3.05, 3.63) is 0 Å². The van der Waals surface area contributed by atoms with Crippen LogP contribution in [0.25, 0.3) is 0 Å². The second kappa shape index (κ2) is 5.45. The fourth-order valence-corrected chi connectivity index (χ4v) is 4.86. The van der Waals surface area contributed by atoms with Crippen LogP contribution < -0.4 is 0 Å². The molecule has 1 spiro atoms. The molecule has 0 unspecified atom stereocenters. The molecule has 21 heavy (non-hydrogen) atoms. The lowest BCUT2D eigenvalue weighted by molar-refractivity contribution is -0.0590. The summed E-state index contributed by atoms with van der Waals surface area (Å²) in [5, 5.41) is 0. The summed E-state index contributed by atoms with van der Waals surface area (Å²) in [6, 6.07) is 0.252. The smallest absolute Gasteiger partial charge is 0.320 e. The molecule has 3 rings (SSSR count). The van der Waals surface area contributed by atoms with E-state index in [0.29, 0.717) is 11.3 Å². The predicted molar refractivity (Wildman–Crippen MR) is 83.3 cm³/mol. The Hall–Kier alpha value is -0.770. The van der Waals surface area contributed by atoms with Crippen LogP contribution in [0.3, 0.4) is 0 Å². The van der Waals surface area contributed by atoms with Crippen LogP contribution in [0.2, 0.25) is 0 Å². The van der Waals surface area contributed by atoms with Gasteiger partial charge in [0.25, 0.3) is 0 Å². The number of carbonyl (C=O) groups excluding carboxylic acids is 1. The molecule has 0 atom stereocenters. The molecule has 3 fully saturated rings. The molecule has 2 saturated heterocycles. The molecule has 0 bridgehead atoms. The summed E-state index contributed by atoms with van der Waals surface area (Å²) >= 11 is 0. The lowest BCUT2D eigenvalue weighted by Crippen LogP contribution is -2.62. The van der Waals surface area contributed by atoms with Crippen molar-refractivity contribution >= 4 is 6.03 Å². The van der Waals surface area contributed by atoms with Crippen molar-refractivity contribution in [1.29, 1.82) is 0 Å². The molecule has 1 aliphatic carbocycles. The lowest BCUT2D eigenvalue weighted by Gasteiger charge is -2.58. The van der Waals surface area contributed by atoms with Gasteiger partial charge in [-0.25, -0.2) is 4.79 Å². The van der Waals surface area contributed by atoms with Crippen molar-refractivity contribution in [2.45, 2.75) is 57.9 Å². The molecule has 0 aromatic rings. The van der Waals surface area contributed by atoms with Crippen LogP contribution in [0.4, 0.5) is 4.79 Å². The third-order valence-corrected chi connectivity index (χ3v) is 6.35. The third-order valence-electron chi connectivity index (χ3n) is 6.35. The average molecular weight is 294 g/mol. The number of hydrogen-bond donors (Lipinski definition) is 0. The Bertz CT molecular complexity index is 392. The van der Waals surface area contributed by atoms with Crippen molar-refractivity contribution in [2.75, 3.05) is 33.4 Å². The first-order chi connectivity index (χ1) is 10.0. The van der Waals surface area contributed by atoms with E-state index in [1.54, 1.807) is 0 Å². The normalized spacial score (nSPS) is 28.2. The van der Waals surface area contributed by atoms with E-state index in [9.17, 15) is 4.79 Å². The van der Waals surface area contributed by atoms with Crippen LogP contribution in [-0.4, -0.2) is 54.7 Å². The van der Waals surface area contributed by atoms with Gasteiger partial charge in [0.1, 0.15) is 0 Å². The van der Waals surface area contributed by atoms with Crippen molar-refractivity contribution in [3.8, 4) is 0 Å². The standard InChI is InChI=1S/C17H30N2O2/c1-4-16(5-2)11-17(12-16)13-18(3)15(20)19(17)10-14-6-8-21-9-7-14/h14H,4-13H2,1-3H3. The SMILES string of the molecule is CCC1(CC)CC2(CN(C)C(=O)N2CC2CCOCC2)C1. The van der Waals surface area contributed by atoms with E-state index in [1.807, 2.05) is 11.9 Å². The molecule has 4 nitrogen and oxygen atoms in total. The zero-order valence-corrected chi connectivity index (χ0v) is 13.9. The Morgan fingerprint density at radius 1 is 1.19 bits per heavy atom. The number of likely N-dealkylation sites (N-methyl/N-ethyl adjacent to an activating group) is 1. The van der Waals surface area contributed by atoms with E-state index >= 15 is 0 Å². The lowest BCUT2D eigenvalue weighted by atomic mass is 9.54. The van der Waals surface area contributed by atoms with Crippen LogP contribution in [0.1, 0.15) is 52.4 Å². The van der Waals surface area contributed by atoms with Gasteiger partial charge in [0, 0.05) is 33.4 Å². The highest BCUT2D eigenvalue weighted by Crippen LogP contribution is 2.58. The summed E-state index contributed by atoms with van der Waals surface area (Å²) in [6.45, 7) is 8.21. The highest BCUT2D eigenvalue weighted by Gasteiger charge is 2.61. The molecular formula is C17H30N2O2. The molecular weight excluding hydrogens is 264 g/mol. The number of carbonyl (C=O) groups is 1. The van der Waals surface area contributed by atoms with E-state index in [4.69, 9.17) is 4.74 Å². The van der Waals surface area contributed by atoms with Gasteiger partial charge in [-0.3, -0.25) is 0 Å². The van der Waals surface area contributed by atoms with Gasteiger partial charge >= 0.3 is 6.03 Å². The molecule has 2 amide bonds. The summed E-state index contributed by atoms with van der Waals surface area (Å²) in [4.78, 5) is 16.8. The molecule has 2 aliphatic heterocycles. The number of amides is 2. The Morgan fingerprint density at radius 2 is 1.81 bits per heavy atom. The minimum absolute atomic E-state index is 0.135. The topological polar surface area (TPSA) is 32.8 Å². The van der Waals surface area contributed by atoms with Gasteiger partial charge in [0.15, 0.2) is 0 Å². The zero-order valence-electron chi connectivity index (χ0n) is 13.9. The van der Waals surface area contributed by atoms with Gasteiger partial charge in [-0.1, -0.05) is 26.7 Å². The maximum Gasteiger partial charge on any atom is 0.320 e. The van der Waals surface area contributed by atoms with Crippen LogP contribution in [0, 0.1) is 11.3 Å². The molecule has 1 saturated carbocycles. The Kier molecular flexibility index (Phi) is 3.93.